The third-order valence-corrected chi connectivity index (χ3v) is 6.17. The SMILES string of the molecule is COc1ccc(C(Cc2ccccc2)N(C)C(=O)NS(=O)(=O)c2ccccc2)cc1. The Morgan fingerprint density at radius 2 is 1.50 bits per heavy atom. The number of urea groups is 1. The molecular weight excluding hydrogens is 400 g/mol. The van der Waals surface area contributed by atoms with Crippen LogP contribution in [0.3, 0.4) is 0 Å². The average molecular weight is 425 g/mol. The number of rotatable bonds is 7. The first-order chi connectivity index (χ1) is 14.4. The Balaban J connectivity index is 1.86. The van der Waals surface area contributed by atoms with Gasteiger partial charge in [0.15, 0.2) is 0 Å². The highest BCUT2D eigenvalue weighted by atomic mass is 32.2. The summed E-state index contributed by atoms with van der Waals surface area (Å²) in [4.78, 5) is 14.3. The van der Waals surface area contributed by atoms with E-state index in [0.29, 0.717) is 12.2 Å². The molecule has 0 radical (unpaired) electrons. The number of ether oxygens (including phenoxy) is 1. The zero-order valence-electron chi connectivity index (χ0n) is 16.9. The maximum Gasteiger partial charge on any atom is 0.331 e. The molecule has 3 aromatic rings. The monoisotopic (exact) mass is 424 g/mol. The number of sulfonamides is 1. The third kappa shape index (κ3) is 5.18. The zero-order chi connectivity index (χ0) is 21.6. The molecule has 30 heavy (non-hydrogen) atoms. The molecule has 3 rings (SSSR count). The summed E-state index contributed by atoms with van der Waals surface area (Å²) in [6.45, 7) is 0. The number of nitrogens with zero attached hydrogens (tertiary/aromatic N) is 1. The molecule has 0 aliphatic carbocycles. The third-order valence-electron chi connectivity index (χ3n) is 4.84. The summed E-state index contributed by atoms with van der Waals surface area (Å²) < 4.78 is 32.5. The topological polar surface area (TPSA) is 75.7 Å². The summed E-state index contributed by atoms with van der Waals surface area (Å²) in [6, 6.07) is 23.9. The number of likely N-dealkylation sites (N-methyl/N-ethyl adjacent to an activating group) is 1. The molecule has 7 heteroatoms. The highest BCUT2D eigenvalue weighted by molar-refractivity contribution is 7.90. The van der Waals surface area contributed by atoms with E-state index in [1.807, 2.05) is 54.6 Å². The quantitative estimate of drug-likeness (QED) is 0.622. The normalized spacial score (nSPS) is 12.1. The first kappa shape index (κ1) is 21.4. The van der Waals surface area contributed by atoms with E-state index in [1.165, 1.54) is 17.0 Å². The lowest BCUT2D eigenvalue weighted by Gasteiger charge is -2.29. The number of carbonyl (C=O) groups is 1. The van der Waals surface area contributed by atoms with Gasteiger partial charge < -0.3 is 9.64 Å². The van der Waals surface area contributed by atoms with Crippen molar-refractivity contribution < 1.29 is 17.9 Å². The average Bonchev–Trinajstić information content (AvgIpc) is 2.78. The molecule has 0 fully saturated rings. The maximum atomic E-state index is 12.9. The predicted molar refractivity (Wildman–Crippen MR) is 116 cm³/mol. The molecule has 0 bridgehead atoms. The fraction of sp³-hybridized carbons (Fsp3) is 0.174. The maximum absolute atomic E-state index is 12.9. The zero-order valence-corrected chi connectivity index (χ0v) is 17.7. The van der Waals surface area contributed by atoms with Crippen LogP contribution in [-0.2, 0) is 16.4 Å². The lowest BCUT2D eigenvalue weighted by molar-refractivity contribution is 0.196. The van der Waals surface area contributed by atoms with Gasteiger partial charge in [-0.1, -0.05) is 60.7 Å². The molecule has 0 aliphatic rings. The van der Waals surface area contributed by atoms with Crippen molar-refractivity contribution in [1.29, 1.82) is 0 Å². The summed E-state index contributed by atoms with van der Waals surface area (Å²) in [5.74, 6) is 0.705. The Bertz CT molecular complexity index is 1070. The molecule has 0 spiro atoms. The fourth-order valence-corrected chi connectivity index (χ4v) is 4.14. The van der Waals surface area contributed by atoms with Crippen molar-refractivity contribution in [3.63, 3.8) is 0 Å². The van der Waals surface area contributed by atoms with Crippen molar-refractivity contribution in [2.75, 3.05) is 14.2 Å². The van der Waals surface area contributed by atoms with Crippen molar-refractivity contribution >= 4 is 16.1 Å². The molecule has 0 saturated heterocycles. The van der Waals surface area contributed by atoms with Gasteiger partial charge in [-0.05, 0) is 41.8 Å². The van der Waals surface area contributed by atoms with Gasteiger partial charge in [0.2, 0.25) is 0 Å². The first-order valence-electron chi connectivity index (χ1n) is 9.43. The molecule has 0 aromatic heterocycles. The molecule has 1 N–H and O–H groups in total. The molecule has 0 heterocycles. The number of methoxy groups -OCH3 is 1. The smallest absolute Gasteiger partial charge is 0.331 e. The molecule has 3 aromatic carbocycles. The van der Waals surface area contributed by atoms with Crippen molar-refractivity contribution in [2.45, 2.75) is 17.4 Å². The Kier molecular flexibility index (Phi) is 6.74. The van der Waals surface area contributed by atoms with Gasteiger partial charge in [0.05, 0.1) is 18.0 Å². The van der Waals surface area contributed by atoms with Gasteiger partial charge in [0.25, 0.3) is 10.0 Å². The predicted octanol–water partition coefficient (Wildman–Crippen LogP) is 4.01. The first-order valence-corrected chi connectivity index (χ1v) is 10.9. The highest BCUT2D eigenvalue weighted by Crippen LogP contribution is 2.26. The Morgan fingerprint density at radius 1 is 0.933 bits per heavy atom. The second kappa shape index (κ2) is 9.45. The number of nitrogens with one attached hydrogen (secondary N) is 1. The Labute approximate surface area is 177 Å². The van der Waals surface area contributed by atoms with Crippen LogP contribution in [0, 0.1) is 0 Å². The van der Waals surface area contributed by atoms with Gasteiger partial charge in [0.1, 0.15) is 5.75 Å². The summed E-state index contributed by atoms with van der Waals surface area (Å²) >= 11 is 0. The minimum absolute atomic E-state index is 0.0378. The van der Waals surface area contributed by atoms with E-state index < -0.39 is 16.1 Å². The second-order valence-electron chi connectivity index (χ2n) is 6.81. The fourth-order valence-electron chi connectivity index (χ4n) is 3.13. The van der Waals surface area contributed by atoms with Crippen LogP contribution in [0.2, 0.25) is 0 Å². The lowest BCUT2D eigenvalue weighted by atomic mass is 9.98. The van der Waals surface area contributed by atoms with Crippen LogP contribution in [-0.4, -0.2) is 33.5 Å². The number of carbonyl (C=O) groups excluding carboxylic acids is 1. The molecule has 2 amide bonds. The Hall–Kier alpha value is -3.32. The lowest BCUT2D eigenvalue weighted by Crippen LogP contribution is -2.43. The van der Waals surface area contributed by atoms with Crippen molar-refractivity contribution in [3.05, 3.63) is 96.1 Å². The van der Waals surface area contributed by atoms with Crippen LogP contribution in [0.15, 0.2) is 89.8 Å². The van der Waals surface area contributed by atoms with Gasteiger partial charge in [-0.3, -0.25) is 0 Å². The van der Waals surface area contributed by atoms with E-state index >= 15 is 0 Å². The minimum atomic E-state index is -3.96. The van der Waals surface area contributed by atoms with E-state index in [1.54, 1.807) is 32.4 Å². The van der Waals surface area contributed by atoms with Gasteiger partial charge in [0, 0.05) is 7.05 Å². The molecule has 1 atom stereocenters. The van der Waals surface area contributed by atoms with Crippen molar-refractivity contribution in [1.82, 2.24) is 9.62 Å². The van der Waals surface area contributed by atoms with E-state index in [-0.39, 0.29) is 10.9 Å². The number of hydrogen-bond acceptors (Lipinski definition) is 4. The summed E-state index contributed by atoms with van der Waals surface area (Å²) in [6.07, 6.45) is 0.530. The van der Waals surface area contributed by atoms with Crippen LogP contribution in [0.25, 0.3) is 0 Å². The molecule has 6 nitrogen and oxygen atoms in total. The van der Waals surface area contributed by atoms with Crippen LogP contribution in [0.5, 0.6) is 5.75 Å². The van der Waals surface area contributed by atoms with E-state index in [4.69, 9.17) is 4.74 Å². The number of benzene rings is 3. The van der Waals surface area contributed by atoms with Gasteiger partial charge >= 0.3 is 6.03 Å². The van der Waals surface area contributed by atoms with E-state index in [2.05, 4.69) is 4.72 Å². The van der Waals surface area contributed by atoms with E-state index in [9.17, 15) is 13.2 Å². The molecule has 156 valence electrons. The van der Waals surface area contributed by atoms with Gasteiger partial charge in [-0.25, -0.2) is 17.9 Å². The molecule has 0 saturated carbocycles. The van der Waals surface area contributed by atoms with Crippen LogP contribution in [0.4, 0.5) is 4.79 Å². The minimum Gasteiger partial charge on any atom is -0.497 e. The summed E-state index contributed by atoms with van der Waals surface area (Å²) in [5.41, 5.74) is 1.90. The van der Waals surface area contributed by atoms with Crippen LogP contribution >= 0.6 is 0 Å². The summed E-state index contributed by atoms with van der Waals surface area (Å²) in [7, 11) is -0.786. The van der Waals surface area contributed by atoms with Gasteiger partial charge in [-0.2, -0.15) is 0 Å². The van der Waals surface area contributed by atoms with Crippen LogP contribution in [0.1, 0.15) is 17.2 Å². The van der Waals surface area contributed by atoms with E-state index in [0.717, 1.165) is 11.1 Å². The molecule has 1 unspecified atom stereocenters. The summed E-state index contributed by atoms with van der Waals surface area (Å²) in [5, 5.41) is 0. The standard InChI is InChI=1S/C23H24N2O4S/c1-25(23(26)24-30(27,28)21-11-7-4-8-12-21)22(17-18-9-5-3-6-10-18)19-13-15-20(29-2)16-14-19/h3-16,22H,17H2,1-2H3,(H,24,26). The molecule has 0 aliphatic heterocycles. The second-order valence-corrected chi connectivity index (χ2v) is 8.50. The Morgan fingerprint density at radius 3 is 2.07 bits per heavy atom. The highest BCUT2D eigenvalue weighted by Gasteiger charge is 2.26. The van der Waals surface area contributed by atoms with Gasteiger partial charge in [-0.15, -0.1) is 0 Å². The number of amides is 2. The van der Waals surface area contributed by atoms with Crippen molar-refractivity contribution in [2.24, 2.45) is 0 Å². The number of hydrogen-bond donors (Lipinski definition) is 1. The van der Waals surface area contributed by atoms with Crippen molar-refractivity contribution in [3.8, 4) is 5.75 Å². The van der Waals surface area contributed by atoms with Crippen LogP contribution < -0.4 is 9.46 Å². The molecular formula is C23H24N2O4S. The largest absolute Gasteiger partial charge is 0.497 e.